The van der Waals surface area contributed by atoms with E-state index in [4.69, 9.17) is 0 Å². The molecule has 1 aliphatic rings. The third-order valence-electron chi connectivity index (χ3n) is 2.77. The van der Waals surface area contributed by atoms with E-state index in [1.807, 2.05) is 29.5 Å². The van der Waals surface area contributed by atoms with Crippen molar-refractivity contribution in [2.75, 3.05) is 26.7 Å². The number of thiophene rings is 1. The molecule has 1 aliphatic heterocycles. The first kappa shape index (κ1) is 10.6. The van der Waals surface area contributed by atoms with E-state index in [1.54, 1.807) is 0 Å². The maximum Gasteiger partial charge on any atom is 0.263 e. The van der Waals surface area contributed by atoms with Crippen LogP contribution in [0.5, 0.6) is 0 Å². The molecular weight excluding hydrogens is 208 g/mol. The molecule has 1 saturated heterocycles. The van der Waals surface area contributed by atoms with Crippen molar-refractivity contribution in [3.8, 4) is 0 Å². The van der Waals surface area contributed by atoms with Crippen molar-refractivity contribution in [1.82, 2.24) is 10.2 Å². The van der Waals surface area contributed by atoms with Crippen LogP contribution in [0.3, 0.4) is 0 Å². The summed E-state index contributed by atoms with van der Waals surface area (Å²) < 4.78 is 0. The van der Waals surface area contributed by atoms with Gasteiger partial charge in [-0.25, -0.2) is 0 Å². The molecule has 2 heterocycles. The molecule has 1 aromatic heterocycles. The quantitative estimate of drug-likeness (QED) is 0.842. The number of hydrogen-bond donors (Lipinski definition) is 1. The normalized spacial score (nSPS) is 20.5. The van der Waals surface area contributed by atoms with Gasteiger partial charge in [0.1, 0.15) is 0 Å². The summed E-state index contributed by atoms with van der Waals surface area (Å²) in [5.41, 5.74) is 0. The highest BCUT2D eigenvalue weighted by atomic mass is 32.1. The molecule has 0 spiro atoms. The molecule has 0 bridgehead atoms. The monoisotopic (exact) mass is 224 g/mol. The molecule has 0 saturated carbocycles. The van der Waals surface area contributed by atoms with Crippen LogP contribution in [0.2, 0.25) is 0 Å². The SMILES string of the molecule is CN(C[C@H]1CCNC1)C(=O)c1cccs1. The Balaban J connectivity index is 1.90. The molecule has 82 valence electrons. The van der Waals surface area contributed by atoms with Crippen molar-refractivity contribution in [3.63, 3.8) is 0 Å². The van der Waals surface area contributed by atoms with Gasteiger partial charge in [-0.2, -0.15) is 0 Å². The van der Waals surface area contributed by atoms with Crippen LogP contribution in [0.4, 0.5) is 0 Å². The van der Waals surface area contributed by atoms with E-state index < -0.39 is 0 Å². The lowest BCUT2D eigenvalue weighted by atomic mass is 10.1. The van der Waals surface area contributed by atoms with Gasteiger partial charge < -0.3 is 10.2 Å². The summed E-state index contributed by atoms with van der Waals surface area (Å²) in [5, 5.41) is 5.26. The van der Waals surface area contributed by atoms with Gasteiger partial charge in [0.2, 0.25) is 0 Å². The smallest absolute Gasteiger partial charge is 0.263 e. The third kappa shape index (κ3) is 2.58. The van der Waals surface area contributed by atoms with E-state index in [9.17, 15) is 4.79 Å². The van der Waals surface area contributed by atoms with E-state index in [1.165, 1.54) is 17.8 Å². The highest BCUT2D eigenvalue weighted by Crippen LogP contribution is 2.14. The molecule has 0 aromatic carbocycles. The number of nitrogens with one attached hydrogen (secondary N) is 1. The molecule has 1 atom stereocenters. The molecule has 1 amide bonds. The molecule has 3 nitrogen and oxygen atoms in total. The summed E-state index contributed by atoms with van der Waals surface area (Å²) in [6.07, 6.45) is 1.18. The molecule has 15 heavy (non-hydrogen) atoms. The molecular formula is C11H16N2OS. The van der Waals surface area contributed by atoms with Crippen LogP contribution in [0.1, 0.15) is 16.1 Å². The van der Waals surface area contributed by atoms with Gasteiger partial charge in [-0.3, -0.25) is 4.79 Å². The van der Waals surface area contributed by atoms with Crippen LogP contribution in [0.15, 0.2) is 17.5 Å². The van der Waals surface area contributed by atoms with Gasteiger partial charge in [0, 0.05) is 13.6 Å². The van der Waals surface area contributed by atoms with Crippen molar-refractivity contribution in [2.24, 2.45) is 5.92 Å². The van der Waals surface area contributed by atoms with Crippen LogP contribution in [-0.4, -0.2) is 37.5 Å². The van der Waals surface area contributed by atoms with Crippen molar-refractivity contribution in [3.05, 3.63) is 22.4 Å². The average molecular weight is 224 g/mol. The van der Waals surface area contributed by atoms with E-state index in [0.717, 1.165) is 24.5 Å². The Hall–Kier alpha value is -0.870. The molecule has 2 rings (SSSR count). The van der Waals surface area contributed by atoms with E-state index in [2.05, 4.69) is 5.32 Å². The minimum absolute atomic E-state index is 0.150. The predicted octanol–water partition coefficient (Wildman–Crippen LogP) is 1.43. The molecule has 1 aromatic rings. The zero-order chi connectivity index (χ0) is 10.7. The van der Waals surface area contributed by atoms with E-state index in [-0.39, 0.29) is 5.91 Å². The zero-order valence-electron chi connectivity index (χ0n) is 8.90. The predicted molar refractivity (Wildman–Crippen MR) is 62.3 cm³/mol. The average Bonchev–Trinajstić information content (AvgIpc) is 2.88. The highest BCUT2D eigenvalue weighted by molar-refractivity contribution is 7.12. The van der Waals surface area contributed by atoms with Crippen molar-refractivity contribution in [2.45, 2.75) is 6.42 Å². The molecule has 1 fully saturated rings. The van der Waals surface area contributed by atoms with Gasteiger partial charge in [0.15, 0.2) is 0 Å². The Morgan fingerprint density at radius 2 is 2.60 bits per heavy atom. The van der Waals surface area contributed by atoms with Crippen molar-refractivity contribution in [1.29, 1.82) is 0 Å². The van der Waals surface area contributed by atoms with Crippen molar-refractivity contribution >= 4 is 17.2 Å². The summed E-state index contributed by atoms with van der Waals surface area (Å²) in [6.45, 7) is 3.00. The first-order valence-corrected chi connectivity index (χ1v) is 6.15. The maximum atomic E-state index is 11.9. The van der Waals surface area contributed by atoms with Gasteiger partial charge in [-0.15, -0.1) is 11.3 Å². The third-order valence-corrected chi connectivity index (χ3v) is 3.63. The summed E-state index contributed by atoms with van der Waals surface area (Å²) in [6, 6.07) is 3.80. The topological polar surface area (TPSA) is 32.3 Å². The standard InChI is InChI=1S/C11H16N2OS/c1-13(8-9-4-5-12-7-9)11(14)10-3-2-6-15-10/h2-3,6,9,12H,4-5,7-8H2,1H3/t9-/m0/s1. The molecule has 0 unspecified atom stereocenters. The van der Waals surface area contributed by atoms with Gasteiger partial charge in [-0.05, 0) is 36.9 Å². The van der Waals surface area contributed by atoms with Crippen LogP contribution in [-0.2, 0) is 0 Å². The van der Waals surface area contributed by atoms with Crippen LogP contribution in [0, 0.1) is 5.92 Å². The fraction of sp³-hybridized carbons (Fsp3) is 0.545. The molecule has 0 aliphatic carbocycles. The van der Waals surface area contributed by atoms with Gasteiger partial charge in [-0.1, -0.05) is 6.07 Å². The lowest BCUT2D eigenvalue weighted by Gasteiger charge is -2.19. The summed E-state index contributed by atoms with van der Waals surface area (Å²) in [7, 11) is 1.89. The zero-order valence-corrected chi connectivity index (χ0v) is 9.72. The minimum atomic E-state index is 0.150. The first-order chi connectivity index (χ1) is 7.27. The summed E-state index contributed by atoms with van der Waals surface area (Å²) in [4.78, 5) is 14.6. The Labute approximate surface area is 94.1 Å². The van der Waals surface area contributed by atoms with Gasteiger partial charge in [0.05, 0.1) is 4.88 Å². The number of carbonyl (C=O) groups is 1. The second kappa shape index (κ2) is 4.77. The van der Waals surface area contributed by atoms with Crippen molar-refractivity contribution < 1.29 is 4.79 Å². The van der Waals surface area contributed by atoms with E-state index in [0.29, 0.717) is 5.92 Å². The van der Waals surface area contributed by atoms with Gasteiger partial charge in [0.25, 0.3) is 5.91 Å². The number of amides is 1. The minimum Gasteiger partial charge on any atom is -0.341 e. The second-order valence-corrected chi connectivity index (χ2v) is 4.97. The molecule has 1 N–H and O–H groups in total. The van der Waals surface area contributed by atoms with E-state index >= 15 is 0 Å². The van der Waals surface area contributed by atoms with Gasteiger partial charge >= 0.3 is 0 Å². The lowest BCUT2D eigenvalue weighted by Crippen LogP contribution is -2.32. The number of nitrogens with zero attached hydrogens (tertiary/aromatic N) is 1. The fourth-order valence-corrected chi connectivity index (χ4v) is 2.65. The Bertz CT molecular complexity index is 317. The number of rotatable bonds is 3. The van der Waals surface area contributed by atoms with Crippen LogP contribution in [0.25, 0.3) is 0 Å². The lowest BCUT2D eigenvalue weighted by molar-refractivity contribution is 0.0781. The highest BCUT2D eigenvalue weighted by Gasteiger charge is 2.20. The largest absolute Gasteiger partial charge is 0.341 e. The number of carbonyl (C=O) groups excluding carboxylic acids is 1. The first-order valence-electron chi connectivity index (χ1n) is 5.27. The fourth-order valence-electron chi connectivity index (χ4n) is 1.93. The second-order valence-electron chi connectivity index (χ2n) is 4.02. The van der Waals surface area contributed by atoms with Crippen LogP contribution < -0.4 is 5.32 Å². The Kier molecular flexibility index (Phi) is 3.38. The molecule has 4 heteroatoms. The Morgan fingerprint density at radius 3 is 3.20 bits per heavy atom. The maximum absolute atomic E-state index is 11.9. The number of hydrogen-bond acceptors (Lipinski definition) is 3. The summed E-state index contributed by atoms with van der Waals surface area (Å²) >= 11 is 1.51. The Morgan fingerprint density at radius 1 is 1.73 bits per heavy atom. The van der Waals surface area contributed by atoms with Crippen LogP contribution >= 0.6 is 11.3 Å². The molecule has 0 radical (unpaired) electrons. The summed E-state index contributed by atoms with van der Waals surface area (Å²) in [5.74, 6) is 0.774.